The molecule has 4 nitrogen and oxygen atoms in total. The summed E-state index contributed by atoms with van der Waals surface area (Å²) in [4.78, 5) is 2.36. The average molecular weight is 306 g/mol. The minimum Gasteiger partial charge on any atom is -0.486 e. The van der Waals surface area contributed by atoms with Gasteiger partial charge in [-0.3, -0.25) is 9.58 Å². The van der Waals surface area contributed by atoms with Crippen LogP contribution in [0.15, 0.2) is 30.5 Å². The number of ether oxygens (including phenoxy) is 1. The van der Waals surface area contributed by atoms with E-state index in [1.807, 2.05) is 23.9 Å². The molecule has 3 rings (SSSR count). The summed E-state index contributed by atoms with van der Waals surface area (Å²) in [6.07, 6.45) is 1.70. The lowest BCUT2D eigenvalue weighted by molar-refractivity contribution is 0.0673. The summed E-state index contributed by atoms with van der Waals surface area (Å²) in [6, 6.07) is 8.23. The Kier molecular flexibility index (Phi) is 3.68. The van der Waals surface area contributed by atoms with Gasteiger partial charge >= 0.3 is 0 Å². The van der Waals surface area contributed by atoms with Crippen molar-refractivity contribution in [2.24, 2.45) is 7.05 Å². The number of benzene rings is 1. The molecule has 2 heterocycles. The van der Waals surface area contributed by atoms with Gasteiger partial charge < -0.3 is 4.74 Å². The van der Waals surface area contributed by atoms with E-state index in [9.17, 15) is 0 Å². The second-order valence-corrected chi connectivity index (χ2v) is 6.58. The van der Waals surface area contributed by atoms with E-state index in [-0.39, 0.29) is 5.60 Å². The van der Waals surface area contributed by atoms with Crippen LogP contribution in [0.3, 0.4) is 0 Å². The molecule has 0 unspecified atom stereocenters. The van der Waals surface area contributed by atoms with Crippen LogP contribution in [0.5, 0.6) is 5.75 Å². The molecule has 0 amide bonds. The van der Waals surface area contributed by atoms with Crippen LogP contribution in [0.4, 0.5) is 0 Å². The van der Waals surface area contributed by atoms with E-state index in [2.05, 4.69) is 36.0 Å². The van der Waals surface area contributed by atoms with Crippen LogP contribution in [0.25, 0.3) is 0 Å². The van der Waals surface area contributed by atoms with Gasteiger partial charge in [-0.2, -0.15) is 5.10 Å². The highest BCUT2D eigenvalue weighted by molar-refractivity contribution is 6.31. The van der Waals surface area contributed by atoms with Gasteiger partial charge in [-0.15, -0.1) is 0 Å². The van der Waals surface area contributed by atoms with Crippen molar-refractivity contribution < 1.29 is 4.74 Å². The standard InChI is InChI=1S/C16H20ClN3O/c1-16(2)11-20(10-14-13(17)8-18-19(14)3)9-12-6-4-5-7-15(12)21-16/h4-8H,9-11H2,1-3H3. The third-order valence-corrected chi connectivity index (χ3v) is 4.06. The number of rotatable bonds is 2. The molecule has 1 aliphatic heterocycles. The molecule has 0 spiro atoms. The first-order chi connectivity index (χ1) is 9.94. The first-order valence-corrected chi connectivity index (χ1v) is 7.48. The number of aromatic nitrogens is 2. The van der Waals surface area contributed by atoms with Gasteiger partial charge in [0.25, 0.3) is 0 Å². The van der Waals surface area contributed by atoms with Gasteiger partial charge in [0.2, 0.25) is 0 Å². The highest BCUT2D eigenvalue weighted by atomic mass is 35.5. The van der Waals surface area contributed by atoms with Gasteiger partial charge in [0.05, 0.1) is 16.9 Å². The van der Waals surface area contributed by atoms with Crippen molar-refractivity contribution in [3.63, 3.8) is 0 Å². The minimum absolute atomic E-state index is 0.238. The SMILES string of the molecule is Cn1ncc(Cl)c1CN1Cc2ccccc2OC(C)(C)C1. The van der Waals surface area contributed by atoms with Crippen molar-refractivity contribution in [2.45, 2.75) is 32.5 Å². The smallest absolute Gasteiger partial charge is 0.124 e. The summed E-state index contributed by atoms with van der Waals surface area (Å²) in [7, 11) is 1.93. The van der Waals surface area contributed by atoms with Gasteiger partial charge in [-0.05, 0) is 19.9 Å². The van der Waals surface area contributed by atoms with E-state index in [4.69, 9.17) is 16.3 Å². The molecule has 2 aromatic rings. The topological polar surface area (TPSA) is 30.3 Å². The van der Waals surface area contributed by atoms with Gasteiger partial charge in [0.1, 0.15) is 11.4 Å². The van der Waals surface area contributed by atoms with Crippen LogP contribution in [-0.2, 0) is 20.1 Å². The Hall–Kier alpha value is -1.52. The maximum absolute atomic E-state index is 6.24. The quantitative estimate of drug-likeness (QED) is 0.853. The largest absolute Gasteiger partial charge is 0.486 e. The molecule has 0 saturated heterocycles. The van der Waals surface area contributed by atoms with Gasteiger partial charge in [-0.25, -0.2) is 0 Å². The fourth-order valence-corrected chi connectivity index (χ4v) is 3.06. The van der Waals surface area contributed by atoms with Crippen LogP contribution >= 0.6 is 11.6 Å². The molecule has 21 heavy (non-hydrogen) atoms. The first kappa shape index (κ1) is 14.4. The zero-order valence-corrected chi connectivity index (χ0v) is 13.4. The number of hydrogen-bond donors (Lipinski definition) is 0. The fraction of sp³-hybridized carbons (Fsp3) is 0.438. The summed E-state index contributed by atoms with van der Waals surface area (Å²) in [5.41, 5.74) is 2.01. The van der Waals surface area contributed by atoms with Crippen LogP contribution in [-0.4, -0.2) is 26.8 Å². The third-order valence-electron chi connectivity index (χ3n) is 3.74. The Labute approximate surface area is 130 Å². The number of hydrogen-bond acceptors (Lipinski definition) is 3. The monoisotopic (exact) mass is 305 g/mol. The summed E-state index contributed by atoms with van der Waals surface area (Å²) in [6.45, 7) is 6.68. The molecule has 0 radical (unpaired) electrons. The summed E-state index contributed by atoms with van der Waals surface area (Å²) in [5, 5.41) is 4.93. The molecule has 1 aromatic carbocycles. The molecule has 0 N–H and O–H groups in total. The van der Waals surface area contributed by atoms with E-state index >= 15 is 0 Å². The van der Waals surface area contributed by atoms with Crippen molar-refractivity contribution in [2.75, 3.05) is 6.54 Å². The van der Waals surface area contributed by atoms with Crippen LogP contribution < -0.4 is 4.74 Å². The van der Waals surface area contributed by atoms with E-state index in [1.54, 1.807) is 6.20 Å². The molecular weight excluding hydrogens is 286 g/mol. The first-order valence-electron chi connectivity index (χ1n) is 7.10. The Bertz CT molecular complexity index is 631. The molecule has 112 valence electrons. The number of fused-ring (bicyclic) bond motifs is 1. The number of para-hydroxylation sites is 1. The lowest BCUT2D eigenvalue weighted by Crippen LogP contribution is -2.40. The maximum atomic E-state index is 6.24. The zero-order valence-electron chi connectivity index (χ0n) is 12.6. The predicted octanol–water partition coefficient (Wildman–Crippen LogP) is 3.25. The second-order valence-electron chi connectivity index (χ2n) is 6.18. The Morgan fingerprint density at radius 3 is 2.81 bits per heavy atom. The van der Waals surface area contributed by atoms with E-state index in [1.165, 1.54) is 5.56 Å². The van der Waals surface area contributed by atoms with Crippen molar-refractivity contribution in [1.29, 1.82) is 0 Å². The molecular formula is C16H20ClN3O. The summed E-state index contributed by atoms with van der Waals surface area (Å²) >= 11 is 6.24. The lowest BCUT2D eigenvalue weighted by atomic mass is 10.1. The highest BCUT2D eigenvalue weighted by Gasteiger charge is 2.29. The number of nitrogens with zero attached hydrogens (tertiary/aromatic N) is 3. The van der Waals surface area contributed by atoms with E-state index in [0.717, 1.165) is 31.1 Å². The maximum Gasteiger partial charge on any atom is 0.124 e. The second kappa shape index (κ2) is 5.35. The van der Waals surface area contributed by atoms with Crippen molar-refractivity contribution in [3.8, 4) is 5.75 Å². The Morgan fingerprint density at radius 1 is 1.33 bits per heavy atom. The van der Waals surface area contributed by atoms with Crippen molar-refractivity contribution >= 4 is 11.6 Å². The van der Waals surface area contributed by atoms with Gasteiger partial charge in [-0.1, -0.05) is 29.8 Å². The van der Waals surface area contributed by atoms with E-state index in [0.29, 0.717) is 5.02 Å². The summed E-state index contributed by atoms with van der Waals surface area (Å²) < 4.78 is 8.00. The predicted molar refractivity (Wildman–Crippen MR) is 83.5 cm³/mol. The molecule has 1 aliphatic rings. The molecule has 0 bridgehead atoms. The third kappa shape index (κ3) is 3.06. The van der Waals surface area contributed by atoms with Crippen LogP contribution in [0, 0.1) is 0 Å². The summed E-state index contributed by atoms with van der Waals surface area (Å²) in [5.74, 6) is 0.973. The highest BCUT2D eigenvalue weighted by Crippen LogP contribution is 2.30. The normalized spacial score (nSPS) is 17.9. The molecule has 5 heteroatoms. The van der Waals surface area contributed by atoms with Crippen LogP contribution in [0.1, 0.15) is 25.1 Å². The Balaban J connectivity index is 1.89. The van der Waals surface area contributed by atoms with Crippen molar-refractivity contribution in [1.82, 2.24) is 14.7 Å². The average Bonchev–Trinajstić information content (AvgIpc) is 2.66. The minimum atomic E-state index is -0.238. The number of aryl methyl sites for hydroxylation is 1. The molecule has 0 saturated carbocycles. The fourth-order valence-electron chi connectivity index (χ4n) is 2.84. The van der Waals surface area contributed by atoms with Crippen LogP contribution in [0.2, 0.25) is 5.02 Å². The van der Waals surface area contributed by atoms with Gasteiger partial charge in [0.15, 0.2) is 0 Å². The molecule has 1 aromatic heterocycles. The van der Waals surface area contributed by atoms with Crippen molar-refractivity contribution in [3.05, 3.63) is 46.7 Å². The Morgan fingerprint density at radius 2 is 2.10 bits per heavy atom. The zero-order chi connectivity index (χ0) is 15.0. The van der Waals surface area contributed by atoms with E-state index < -0.39 is 0 Å². The number of halogens is 1. The molecule has 0 aliphatic carbocycles. The van der Waals surface area contributed by atoms with Gasteiger partial charge in [0, 0.05) is 32.2 Å². The lowest BCUT2D eigenvalue weighted by Gasteiger charge is -2.29. The molecule has 0 atom stereocenters. The molecule has 0 fully saturated rings.